The van der Waals surface area contributed by atoms with E-state index in [1.54, 1.807) is 0 Å². The lowest BCUT2D eigenvalue weighted by Gasteiger charge is -2.17. The van der Waals surface area contributed by atoms with Crippen molar-refractivity contribution in [2.45, 2.75) is 64.5 Å². The molecule has 1 aromatic heterocycles. The van der Waals surface area contributed by atoms with Crippen LogP contribution in [0.5, 0.6) is 0 Å². The summed E-state index contributed by atoms with van der Waals surface area (Å²) in [6.07, 6.45) is 11.2. The fraction of sp³-hybridized carbons (Fsp3) is 0.667. The van der Waals surface area contributed by atoms with Crippen LogP contribution in [0.15, 0.2) is 23.9 Å². The van der Waals surface area contributed by atoms with Gasteiger partial charge in [0, 0.05) is 18.7 Å². The van der Waals surface area contributed by atoms with Gasteiger partial charge in [0.05, 0.1) is 11.7 Å². The third kappa shape index (κ3) is 3.22. The molecule has 2 N–H and O–H groups in total. The van der Waals surface area contributed by atoms with Crippen molar-refractivity contribution in [1.82, 2.24) is 9.78 Å². The zero-order chi connectivity index (χ0) is 13.0. The van der Waals surface area contributed by atoms with Crippen molar-refractivity contribution in [2.24, 2.45) is 5.73 Å². The summed E-state index contributed by atoms with van der Waals surface area (Å²) in [7, 11) is 0. The quantitative estimate of drug-likeness (QED) is 0.812. The second-order valence-corrected chi connectivity index (χ2v) is 5.32. The monoisotopic (exact) mass is 247 g/mol. The Hall–Kier alpha value is -1.09. The van der Waals surface area contributed by atoms with Crippen LogP contribution < -0.4 is 5.73 Å². The third-order valence-electron chi connectivity index (χ3n) is 3.87. The summed E-state index contributed by atoms with van der Waals surface area (Å²) >= 11 is 0. The second-order valence-electron chi connectivity index (χ2n) is 5.32. The Labute approximate surface area is 110 Å². The Kier molecular flexibility index (Phi) is 4.59. The predicted octanol–water partition coefficient (Wildman–Crippen LogP) is 3.22. The molecule has 0 bridgehead atoms. The second kappa shape index (κ2) is 6.19. The molecule has 1 heterocycles. The van der Waals surface area contributed by atoms with Crippen molar-refractivity contribution in [3.8, 4) is 0 Å². The first-order valence-corrected chi connectivity index (χ1v) is 7.22. The smallest absolute Gasteiger partial charge is 0.0665 e. The van der Waals surface area contributed by atoms with Gasteiger partial charge in [-0.15, -0.1) is 0 Å². The highest BCUT2D eigenvalue weighted by molar-refractivity contribution is 5.17. The van der Waals surface area contributed by atoms with E-state index in [9.17, 15) is 0 Å². The van der Waals surface area contributed by atoms with E-state index in [0.29, 0.717) is 6.04 Å². The van der Waals surface area contributed by atoms with Crippen molar-refractivity contribution < 1.29 is 0 Å². The van der Waals surface area contributed by atoms with Gasteiger partial charge in [-0.05, 0) is 38.2 Å². The molecule has 3 nitrogen and oxygen atoms in total. The lowest BCUT2D eigenvalue weighted by molar-refractivity contribution is 0.425. The molecular formula is C15H25N3. The van der Waals surface area contributed by atoms with Gasteiger partial charge in [0.15, 0.2) is 0 Å². The minimum atomic E-state index is 0.259. The zero-order valence-electron chi connectivity index (χ0n) is 11.6. The molecule has 18 heavy (non-hydrogen) atoms. The van der Waals surface area contributed by atoms with E-state index >= 15 is 0 Å². The maximum absolute atomic E-state index is 5.97. The van der Waals surface area contributed by atoms with E-state index in [2.05, 4.69) is 36.9 Å². The molecule has 1 aliphatic rings. The Morgan fingerprint density at radius 3 is 2.89 bits per heavy atom. The molecule has 0 radical (unpaired) electrons. The largest absolute Gasteiger partial charge is 0.324 e. The van der Waals surface area contributed by atoms with Gasteiger partial charge in [-0.25, -0.2) is 0 Å². The molecule has 0 aliphatic heterocycles. The van der Waals surface area contributed by atoms with Gasteiger partial charge in [0.25, 0.3) is 0 Å². The molecule has 100 valence electrons. The summed E-state index contributed by atoms with van der Waals surface area (Å²) in [4.78, 5) is 0. The van der Waals surface area contributed by atoms with Crippen LogP contribution >= 0.6 is 0 Å². The molecule has 0 saturated heterocycles. The molecule has 3 heteroatoms. The molecule has 1 unspecified atom stereocenters. The van der Waals surface area contributed by atoms with Crippen LogP contribution in [0, 0.1) is 0 Å². The van der Waals surface area contributed by atoms with Crippen LogP contribution in [-0.2, 0) is 6.42 Å². The van der Waals surface area contributed by atoms with Crippen molar-refractivity contribution in [3.05, 3.63) is 29.6 Å². The third-order valence-corrected chi connectivity index (χ3v) is 3.87. The van der Waals surface area contributed by atoms with Crippen LogP contribution in [0.1, 0.15) is 57.7 Å². The summed E-state index contributed by atoms with van der Waals surface area (Å²) < 4.78 is 2.12. The standard InChI is InChI=1S/C15H25N3/c1-3-15(4-2)18-9-8-14(17-18)11-12-6-5-7-13(16)10-12/h8-10,13,15H,3-7,11,16H2,1-2H3. The maximum Gasteiger partial charge on any atom is 0.0665 e. The highest BCUT2D eigenvalue weighted by Crippen LogP contribution is 2.21. The fourth-order valence-corrected chi connectivity index (χ4v) is 2.75. The average Bonchev–Trinajstić information content (AvgIpc) is 2.79. The van der Waals surface area contributed by atoms with E-state index in [-0.39, 0.29) is 6.04 Å². The summed E-state index contributed by atoms with van der Waals surface area (Å²) in [6.45, 7) is 4.44. The number of hydrogen-bond donors (Lipinski definition) is 1. The lowest BCUT2D eigenvalue weighted by Crippen LogP contribution is -2.20. The fourth-order valence-electron chi connectivity index (χ4n) is 2.75. The molecule has 0 saturated carbocycles. The van der Waals surface area contributed by atoms with Gasteiger partial charge in [-0.3, -0.25) is 4.68 Å². The van der Waals surface area contributed by atoms with E-state index in [1.807, 2.05) is 0 Å². The van der Waals surface area contributed by atoms with Crippen LogP contribution in [0.25, 0.3) is 0 Å². The maximum atomic E-state index is 5.97. The highest BCUT2D eigenvalue weighted by atomic mass is 15.3. The zero-order valence-corrected chi connectivity index (χ0v) is 11.6. The first kappa shape index (κ1) is 13.3. The summed E-state index contributed by atoms with van der Waals surface area (Å²) in [5.74, 6) is 0. The predicted molar refractivity (Wildman–Crippen MR) is 75.5 cm³/mol. The van der Waals surface area contributed by atoms with Crippen molar-refractivity contribution in [2.75, 3.05) is 0 Å². The normalized spacial score (nSPS) is 20.2. The lowest BCUT2D eigenvalue weighted by atomic mass is 9.93. The highest BCUT2D eigenvalue weighted by Gasteiger charge is 2.12. The number of hydrogen-bond acceptors (Lipinski definition) is 2. The molecule has 1 aliphatic carbocycles. The van der Waals surface area contributed by atoms with E-state index in [1.165, 1.54) is 24.1 Å². The topological polar surface area (TPSA) is 43.8 Å². The first-order valence-electron chi connectivity index (χ1n) is 7.22. The number of nitrogens with zero attached hydrogens (tertiary/aromatic N) is 2. The van der Waals surface area contributed by atoms with Gasteiger partial charge in [-0.1, -0.05) is 25.5 Å². The van der Waals surface area contributed by atoms with Crippen LogP contribution in [0.3, 0.4) is 0 Å². The summed E-state index contributed by atoms with van der Waals surface area (Å²) in [5, 5.41) is 4.71. The number of rotatable bonds is 5. The van der Waals surface area contributed by atoms with Gasteiger partial charge in [0.2, 0.25) is 0 Å². The van der Waals surface area contributed by atoms with Gasteiger partial charge < -0.3 is 5.73 Å². The summed E-state index contributed by atoms with van der Waals surface area (Å²) in [6, 6.07) is 2.95. The molecule has 0 amide bonds. The van der Waals surface area contributed by atoms with Gasteiger partial charge in [0.1, 0.15) is 0 Å². The van der Waals surface area contributed by atoms with Crippen LogP contribution in [0.4, 0.5) is 0 Å². The Morgan fingerprint density at radius 1 is 1.44 bits per heavy atom. The molecular weight excluding hydrogens is 222 g/mol. The number of allylic oxidation sites excluding steroid dienone is 1. The molecule has 0 spiro atoms. The van der Waals surface area contributed by atoms with Gasteiger partial charge >= 0.3 is 0 Å². The summed E-state index contributed by atoms with van der Waals surface area (Å²) in [5.41, 5.74) is 8.62. The molecule has 2 rings (SSSR count). The minimum absolute atomic E-state index is 0.259. The van der Waals surface area contributed by atoms with Crippen LogP contribution in [0.2, 0.25) is 0 Å². The molecule has 1 aromatic rings. The number of nitrogens with two attached hydrogens (primary N) is 1. The Morgan fingerprint density at radius 2 is 2.22 bits per heavy atom. The van der Waals surface area contributed by atoms with Crippen molar-refractivity contribution in [1.29, 1.82) is 0 Å². The van der Waals surface area contributed by atoms with Crippen LogP contribution in [-0.4, -0.2) is 15.8 Å². The molecule has 0 fully saturated rings. The minimum Gasteiger partial charge on any atom is -0.324 e. The van der Waals surface area contributed by atoms with Crippen molar-refractivity contribution >= 4 is 0 Å². The Bertz CT molecular complexity index is 402. The van der Waals surface area contributed by atoms with Gasteiger partial charge in [-0.2, -0.15) is 5.10 Å². The SMILES string of the molecule is CCC(CC)n1ccc(CC2=CC(N)CCC2)n1. The molecule has 1 atom stereocenters. The number of aromatic nitrogens is 2. The van der Waals surface area contributed by atoms with E-state index in [4.69, 9.17) is 10.8 Å². The Balaban J connectivity index is 2.02. The van der Waals surface area contributed by atoms with E-state index < -0.39 is 0 Å². The average molecular weight is 247 g/mol. The first-order chi connectivity index (χ1) is 8.72. The molecule has 0 aromatic carbocycles. The van der Waals surface area contributed by atoms with Crippen molar-refractivity contribution in [3.63, 3.8) is 0 Å². The van der Waals surface area contributed by atoms with E-state index in [0.717, 1.165) is 25.7 Å².